The summed E-state index contributed by atoms with van der Waals surface area (Å²) in [5, 5.41) is 9.55. The molecule has 2 heterocycles. The third-order valence-electron chi connectivity index (χ3n) is 5.40. The molecule has 32 heavy (non-hydrogen) atoms. The number of anilines is 1. The molecule has 1 fully saturated rings. The molecule has 1 aliphatic rings. The van der Waals surface area contributed by atoms with Crippen molar-refractivity contribution in [1.29, 1.82) is 0 Å². The van der Waals surface area contributed by atoms with Crippen LogP contribution < -0.4 is 4.90 Å². The van der Waals surface area contributed by atoms with Gasteiger partial charge in [-0.2, -0.15) is 13.2 Å². The SMILES string of the molecule is Cc1c(CN2C(=O)C(C(=O)O)CN(c3ccc4ncsc4c3)C2=O)cccc1C(F)(F)F. The highest BCUT2D eigenvalue weighted by Gasteiger charge is 2.44. The monoisotopic (exact) mass is 463 g/mol. The average Bonchev–Trinajstić information content (AvgIpc) is 3.19. The maximum atomic E-state index is 13.3. The zero-order valence-electron chi connectivity index (χ0n) is 16.6. The maximum absolute atomic E-state index is 13.3. The number of alkyl halides is 3. The molecule has 4 rings (SSSR count). The summed E-state index contributed by atoms with van der Waals surface area (Å²) in [6.45, 7) is 0.396. The van der Waals surface area contributed by atoms with Crippen molar-refractivity contribution in [2.75, 3.05) is 11.4 Å². The molecule has 1 unspecified atom stereocenters. The van der Waals surface area contributed by atoms with Gasteiger partial charge in [0.2, 0.25) is 5.91 Å². The van der Waals surface area contributed by atoms with E-state index < -0.39 is 42.1 Å². The summed E-state index contributed by atoms with van der Waals surface area (Å²) < 4.78 is 40.6. The summed E-state index contributed by atoms with van der Waals surface area (Å²) in [6.07, 6.45) is -4.60. The minimum atomic E-state index is -4.60. The lowest BCUT2D eigenvalue weighted by atomic mass is 9.99. The number of carboxylic acid groups (broad SMARTS) is 1. The molecule has 11 heteroatoms. The lowest BCUT2D eigenvalue weighted by Crippen LogP contribution is -2.58. The van der Waals surface area contributed by atoms with Gasteiger partial charge in [0, 0.05) is 12.2 Å². The third kappa shape index (κ3) is 3.79. The largest absolute Gasteiger partial charge is 0.481 e. The van der Waals surface area contributed by atoms with E-state index in [1.165, 1.54) is 30.4 Å². The first-order valence-electron chi connectivity index (χ1n) is 9.42. The molecular weight excluding hydrogens is 447 g/mol. The van der Waals surface area contributed by atoms with Crippen LogP contribution in [0.3, 0.4) is 0 Å². The number of hydrogen-bond acceptors (Lipinski definition) is 5. The lowest BCUT2D eigenvalue weighted by Gasteiger charge is -2.37. The number of carboxylic acids is 1. The molecule has 0 aliphatic carbocycles. The van der Waals surface area contributed by atoms with E-state index in [0.717, 1.165) is 15.7 Å². The van der Waals surface area contributed by atoms with Gasteiger partial charge in [-0.05, 0) is 42.3 Å². The molecule has 3 aromatic rings. The standard InChI is InChI=1S/C21H16F3N3O4S/c1-11-12(3-2-4-15(11)21(22,23)24)8-27-18(28)14(19(29)30)9-26(20(27)31)13-5-6-16-17(7-13)32-10-25-16/h2-7,10,14H,8-9H2,1H3,(H,29,30). The topological polar surface area (TPSA) is 90.8 Å². The fraction of sp³-hybridized carbons (Fsp3) is 0.238. The summed E-state index contributed by atoms with van der Waals surface area (Å²) >= 11 is 1.33. The molecule has 1 atom stereocenters. The molecule has 0 radical (unpaired) electrons. The van der Waals surface area contributed by atoms with Gasteiger partial charge in [-0.3, -0.25) is 19.4 Å². The van der Waals surface area contributed by atoms with Crippen LogP contribution in [-0.4, -0.2) is 39.4 Å². The zero-order chi connectivity index (χ0) is 23.2. The van der Waals surface area contributed by atoms with E-state index >= 15 is 0 Å². The number of benzene rings is 2. The fourth-order valence-corrected chi connectivity index (χ4v) is 4.37. The van der Waals surface area contributed by atoms with E-state index in [9.17, 15) is 32.7 Å². The van der Waals surface area contributed by atoms with Crippen LogP contribution in [0.4, 0.5) is 23.7 Å². The number of carbonyl (C=O) groups is 3. The van der Waals surface area contributed by atoms with Crippen LogP contribution in [0.1, 0.15) is 16.7 Å². The Bertz CT molecular complexity index is 1240. The van der Waals surface area contributed by atoms with Crippen LogP contribution in [0.5, 0.6) is 0 Å². The van der Waals surface area contributed by atoms with E-state index in [1.54, 1.807) is 23.7 Å². The van der Waals surface area contributed by atoms with Gasteiger partial charge in [0.25, 0.3) is 0 Å². The van der Waals surface area contributed by atoms with Crippen LogP contribution >= 0.6 is 11.3 Å². The highest BCUT2D eigenvalue weighted by atomic mass is 32.1. The minimum Gasteiger partial charge on any atom is -0.481 e. The van der Waals surface area contributed by atoms with Crippen molar-refractivity contribution < 1.29 is 32.7 Å². The summed E-state index contributed by atoms with van der Waals surface area (Å²) in [4.78, 5) is 43.7. The number of hydrogen-bond donors (Lipinski definition) is 1. The molecule has 1 aliphatic heterocycles. The smallest absolute Gasteiger partial charge is 0.416 e. The fourth-order valence-electron chi connectivity index (χ4n) is 3.66. The number of fused-ring (bicyclic) bond motifs is 1. The Labute approximate surface area is 183 Å². The summed E-state index contributed by atoms with van der Waals surface area (Å²) in [5.41, 5.74) is 1.79. The number of nitrogens with zero attached hydrogens (tertiary/aromatic N) is 3. The van der Waals surface area contributed by atoms with Gasteiger partial charge < -0.3 is 5.11 Å². The van der Waals surface area contributed by atoms with Crippen molar-refractivity contribution >= 4 is 45.1 Å². The van der Waals surface area contributed by atoms with Crippen molar-refractivity contribution in [2.45, 2.75) is 19.6 Å². The Hall–Kier alpha value is -3.47. The number of halogens is 3. The van der Waals surface area contributed by atoms with Crippen molar-refractivity contribution in [1.82, 2.24) is 9.88 Å². The van der Waals surface area contributed by atoms with E-state index in [0.29, 0.717) is 16.1 Å². The minimum absolute atomic E-state index is 0.102. The molecule has 1 aromatic heterocycles. The number of carbonyl (C=O) groups excluding carboxylic acids is 2. The summed E-state index contributed by atoms with van der Waals surface area (Å²) in [7, 11) is 0. The molecule has 166 valence electrons. The zero-order valence-corrected chi connectivity index (χ0v) is 17.4. The Morgan fingerprint density at radius 2 is 2.00 bits per heavy atom. The average molecular weight is 463 g/mol. The second kappa shape index (κ2) is 7.90. The Balaban J connectivity index is 1.73. The van der Waals surface area contributed by atoms with E-state index in [4.69, 9.17) is 0 Å². The first kappa shape index (κ1) is 21.8. The van der Waals surface area contributed by atoms with Crippen molar-refractivity contribution in [3.05, 3.63) is 58.6 Å². The predicted octanol–water partition coefficient (Wildman–Crippen LogP) is 4.29. The quantitative estimate of drug-likeness (QED) is 0.583. The van der Waals surface area contributed by atoms with E-state index in [1.807, 2.05) is 0 Å². The summed E-state index contributed by atoms with van der Waals surface area (Å²) in [6, 6.07) is 7.60. The Morgan fingerprint density at radius 1 is 1.25 bits per heavy atom. The Morgan fingerprint density at radius 3 is 2.69 bits per heavy atom. The van der Waals surface area contributed by atoms with Crippen LogP contribution in [0.15, 0.2) is 41.9 Å². The number of amides is 3. The van der Waals surface area contributed by atoms with Crippen LogP contribution in [0.2, 0.25) is 0 Å². The number of aliphatic carboxylic acids is 1. The van der Waals surface area contributed by atoms with Gasteiger partial charge in [0.1, 0.15) is 0 Å². The Kier molecular flexibility index (Phi) is 5.37. The highest BCUT2D eigenvalue weighted by Crippen LogP contribution is 2.34. The van der Waals surface area contributed by atoms with Gasteiger partial charge in [0.15, 0.2) is 5.92 Å². The molecule has 0 saturated carbocycles. The van der Waals surface area contributed by atoms with Crippen molar-refractivity contribution in [3.63, 3.8) is 0 Å². The number of rotatable bonds is 4. The van der Waals surface area contributed by atoms with E-state index in [-0.39, 0.29) is 17.7 Å². The third-order valence-corrected chi connectivity index (χ3v) is 6.19. The van der Waals surface area contributed by atoms with Crippen LogP contribution in [-0.2, 0) is 22.3 Å². The molecular formula is C21H16F3N3O4S. The molecule has 3 amide bonds. The molecule has 7 nitrogen and oxygen atoms in total. The number of urea groups is 1. The van der Waals surface area contributed by atoms with Crippen molar-refractivity contribution in [2.24, 2.45) is 5.92 Å². The first-order valence-corrected chi connectivity index (χ1v) is 10.3. The van der Waals surface area contributed by atoms with Crippen LogP contribution in [0.25, 0.3) is 10.2 Å². The molecule has 1 saturated heterocycles. The number of imide groups is 1. The van der Waals surface area contributed by atoms with E-state index in [2.05, 4.69) is 4.98 Å². The van der Waals surface area contributed by atoms with Gasteiger partial charge in [-0.25, -0.2) is 9.78 Å². The van der Waals surface area contributed by atoms with Gasteiger partial charge >= 0.3 is 18.2 Å². The molecule has 0 bridgehead atoms. The van der Waals surface area contributed by atoms with Crippen LogP contribution in [0, 0.1) is 12.8 Å². The second-order valence-corrected chi connectivity index (χ2v) is 8.19. The molecule has 2 aromatic carbocycles. The maximum Gasteiger partial charge on any atom is 0.416 e. The van der Waals surface area contributed by atoms with Gasteiger partial charge in [-0.1, -0.05) is 12.1 Å². The first-order chi connectivity index (χ1) is 15.1. The molecule has 0 spiro atoms. The van der Waals surface area contributed by atoms with Gasteiger partial charge in [-0.15, -0.1) is 11.3 Å². The number of aromatic nitrogens is 1. The predicted molar refractivity (Wildman–Crippen MR) is 110 cm³/mol. The van der Waals surface area contributed by atoms with Gasteiger partial charge in [0.05, 0.1) is 27.8 Å². The summed E-state index contributed by atoms with van der Waals surface area (Å²) in [5.74, 6) is -3.93. The highest BCUT2D eigenvalue weighted by molar-refractivity contribution is 7.16. The number of thiazole rings is 1. The normalized spacial score (nSPS) is 17.3. The van der Waals surface area contributed by atoms with Crippen molar-refractivity contribution in [3.8, 4) is 0 Å². The molecule has 1 N–H and O–H groups in total. The lowest BCUT2D eigenvalue weighted by molar-refractivity contribution is -0.150. The second-order valence-electron chi connectivity index (χ2n) is 7.30.